The van der Waals surface area contributed by atoms with Gasteiger partial charge in [-0.1, -0.05) is 0 Å². The van der Waals surface area contributed by atoms with Gasteiger partial charge in [0.15, 0.2) is 0 Å². The van der Waals surface area contributed by atoms with Crippen molar-refractivity contribution in [3.8, 4) is 0 Å². The number of nitrogens with one attached hydrogen (secondary N) is 1. The minimum atomic E-state index is 0. The largest absolute Gasteiger partial charge is 0.379 e. The molecule has 0 aromatic rings. The predicted molar refractivity (Wildman–Crippen MR) is 64.0 cm³/mol. The second-order valence-electron chi connectivity index (χ2n) is 3.38. The number of hydrogen-bond donors (Lipinski definition) is 1. The molecular weight excluding hydrogens is 232 g/mol. The molecule has 1 rings (SSSR count). The van der Waals surface area contributed by atoms with Crippen LogP contribution in [0.4, 0.5) is 0 Å². The average Bonchev–Trinajstić information content (AvgIpc) is 2.30. The smallest absolute Gasteiger partial charge is 0.248 e. The van der Waals surface area contributed by atoms with Crippen LogP contribution in [0.2, 0.25) is 0 Å². The second kappa shape index (κ2) is 9.84. The molecular formula is C10H21ClN2O3. The van der Waals surface area contributed by atoms with E-state index in [9.17, 15) is 4.79 Å². The Balaban J connectivity index is 0.00000225. The van der Waals surface area contributed by atoms with Crippen molar-refractivity contribution in [1.82, 2.24) is 10.2 Å². The fourth-order valence-electron chi connectivity index (χ4n) is 1.43. The normalized spacial score (nSPS) is 15.7. The SMILES string of the molecule is CCOCCOCC(=O)N1CCNCC1.Cl. The Morgan fingerprint density at radius 1 is 1.25 bits per heavy atom. The van der Waals surface area contributed by atoms with Gasteiger partial charge in [-0.2, -0.15) is 0 Å². The summed E-state index contributed by atoms with van der Waals surface area (Å²) in [6, 6.07) is 0. The van der Waals surface area contributed by atoms with E-state index in [4.69, 9.17) is 9.47 Å². The zero-order valence-corrected chi connectivity index (χ0v) is 10.6. The van der Waals surface area contributed by atoms with Crippen molar-refractivity contribution < 1.29 is 14.3 Å². The van der Waals surface area contributed by atoms with E-state index in [0.717, 1.165) is 26.2 Å². The lowest BCUT2D eigenvalue weighted by atomic mass is 10.3. The first-order valence-corrected chi connectivity index (χ1v) is 5.48. The number of nitrogens with zero attached hydrogens (tertiary/aromatic N) is 1. The summed E-state index contributed by atoms with van der Waals surface area (Å²) < 4.78 is 10.3. The Morgan fingerprint density at radius 2 is 1.88 bits per heavy atom. The van der Waals surface area contributed by atoms with Gasteiger partial charge >= 0.3 is 0 Å². The summed E-state index contributed by atoms with van der Waals surface area (Å²) in [5.41, 5.74) is 0. The third kappa shape index (κ3) is 6.27. The van der Waals surface area contributed by atoms with Crippen molar-refractivity contribution in [2.45, 2.75) is 6.92 Å². The maximum Gasteiger partial charge on any atom is 0.248 e. The molecule has 0 bridgehead atoms. The van der Waals surface area contributed by atoms with Crippen LogP contribution in [0.1, 0.15) is 6.92 Å². The minimum Gasteiger partial charge on any atom is -0.379 e. The first kappa shape index (κ1) is 15.6. The highest BCUT2D eigenvalue weighted by Gasteiger charge is 2.15. The molecule has 0 spiro atoms. The van der Waals surface area contributed by atoms with E-state index < -0.39 is 0 Å². The van der Waals surface area contributed by atoms with Crippen molar-refractivity contribution in [3.63, 3.8) is 0 Å². The maximum atomic E-state index is 11.6. The third-order valence-corrected chi connectivity index (χ3v) is 2.27. The fourth-order valence-corrected chi connectivity index (χ4v) is 1.43. The van der Waals surface area contributed by atoms with Gasteiger partial charge in [0.2, 0.25) is 5.91 Å². The summed E-state index contributed by atoms with van der Waals surface area (Å²) in [4.78, 5) is 13.4. The van der Waals surface area contributed by atoms with Crippen LogP contribution in [-0.4, -0.2) is 63.4 Å². The zero-order chi connectivity index (χ0) is 10.9. The molecule has 1 aliphatic heterocycles. The van der Waals surface area contributed by atoms with Gasteiger partial charge in [-0.05, 0) is 6.92 Å². The number of carbonyl (C=O) groups excluding carboxylic acids is 1. The lowest BCUT2D eigenvalue weighted by Gasteiger charge is -2.27. The number of carbonyl (C=O) groups is 1. The molecule has 96 valence electrons. The molecule has 1 heterocycles. The van der Waals surface area contributed by atoms with Crippen LogP contribution in [0.3, 0.4) is 0 Å². The molecule has 0 atom stereocenters. The summed E-state index contributed by atoms with van der Waals surface area (Å²) in [6.45, 7) is 7.18. The summed E-state index contributed by atoms with van der Waals surface area (Å²) in [5, 5.41) is 3.20. The van der Waals surface area contributed by atoms with Crippen LogP contribution in [0.25, 0.3) is 0 Å². The Labute approximate surface area is 103 Å². The molecule has 1 amide bonds. The summed E-state index contributed by atoms with van der Waals surface area (Å²) >= 11 is 0. The number of piperazine rings is 1. The molecule has 0 saturated carbocycles. The number of halogens is 1. The van der Waals surface area contributed by atoms with Gasteiger partial charge in [0, 0.05) is 32.8 Å². The quantitative estimate of drug-likeness (QED) is 0.671. The van der Waals surface area contributed by atoms with E-state index in [-0.39, 0.29) is 24.9 Å². The van der Waals surface area contributed by atoms with Gasteiger partial charge in [0.1, 0.15) is 6.61 Å². The fraction of sp³-hybridized carbons (Fsp3) is 0.900. The van der Waals surface area contributed by atoms with Gasteiger partial charge in [-0.25, -0.2) is 0 Å². The molecule has 1 N–H and O–H groups in total. The summed E-state index contributed by atoms with van der Waals surface area (Å²) in [5.74, 6) is 0.0769. The molecule has 1 saturated heterocycles. The Morgan fingerprint density at radius 3 is 2.50 bits per heavy atom. The highest BCUT2D eigenvalue weighted by atomic mass is 35.5. The van der Waals surface area contributed by atoms with E-state index in [2.05, 4.69) is 5.32 Å². The van der Waals surface area contributed by atoms with Gasteiger partial charge in [-0.3, -0.25) is 4.79 Å². The van der Waals surface area contributed by atoms with Crippen molar-refractivity contribution in [2.75, 3.05) is 52.6 Å². The summed E-state index contributed by atoms with van der Waals surface area (Å²) in [6.07, 6.45) is 0. The van der Waals surface area contributed by atoms with E-state index in [1.54, 1.807) is 0 Å². The molecule has 16 heavy (non-hydrogen) atoms. The van der Waals surface area contributed by atoms with Gasteiger partial charge in [-0.15, -0.1) is 12.4 Å². The average molecular weight is 253 g/mol. The molecule has 0 aromatic heterocycles. The van der Waals surface area contributed by atoms with Crippen molar-refractivity contribution in [3.05, 3.63) is 0 Å². The lowest BCUT2D eigenvalue weighted by molar-refractivity contribution is -0.137. The van der Waals surface area contributed by atoms with E-state index >= 15 is 0 Å². The number of ether oxygens (including phenoxy) is 2. The Hall–Kier alpha value is -0.360. The van der Waals surface area contributed by atoms with Crippen LogP contribution < -0.4 is 5.32 Å². The molecule has 1 aliphatic rings. The van der Waals surface area contributed by atoms with Crippen LogP contribution in [0.15, 0.2) is 0 Å². The topological polar surface area (TPSA) is 50.8 Å². The van der Waals surface area contributed by atoms with Crippen LogP contribution in [0.5, 0.6) is 0 Å². The van der Waals surface area contributed by atoms with Gasteiger partial charge in [0.25, 0.3) is 0 Å². The number of rotatable bonds is 6. The highest BCUT2D eigenvalue weighted by Crippen LogP contribution is 1.93. The molecule has 0 radical (unpaired) electrons. The molecule has 0 aromatic carbocycles. The van der Waals surface area contributed by atoms with Crippen LogP contribution in [0, 0.1) is 0 Å². The zero-order valence-electron chi connectivity index (χ0n) is 9.74. The van der Waals surface area contributed by atoms with Crippen LogP contribution in [-0.2, 0) is 14.3 Å². The summed E-state index contributed by atoms with van der Waals surface area (Å²) in [7, 11) is 0. The third-order valence-electron chi connectivity index (χ3n) is 2.27. The van der Waals surface area contributed by atoms with Gasteiger partial charge < -0.3 is 19.7 Å². The van der Waals surface area contributed by atoms with E-state index in [1.165, 1.54) is 0 Å². The highest BCUT2D eigenvalue weighted by molar-refractivity contribution is 5.85. The Kier molecular flexibility index (Phi) is 9.62. The van der Waals surface area contributed by atoms with Crippen molar-refractivity contribution in [2.24, 2.45) is 0 Å². The predicted octanol–water partition coefficient (Wildman–Crippen LogP) is -0.107. The van der Waals surface area contributed by atoms with Crippen molar-refractivity contribution in [1.29, 1.82) is 0 Å². The van der Waals surface area contributed by atoms with E-state index in [1.807, 2.05) is 11.8 Å². The molecule has 6 heteroatoms. The first-order valence-electron chi connectivity index (χ1n) is 5.48. The first-order chi connectivity index (χ1) is 7.34. The maximum absolute atomic E-state index is 11.6. The number of hydrogen-bond acceptors (Lipinski definition) is 4. The monoisotopic (exact) mass is 252 g/mol. The van der Waals surface area contributed by atoms with Gasteiger partial charge in [0.05, 0.1) is 13.2 Å². The van der Waals surface area contributed by atoms with Crippen molar-refractivity contribution >= 4 is 18.3 Å². The van der Waals surface area contributed by atoms with Crippen LogP contribution >= 0.6 is 12.4 Å². The molecule has 5 nitrogen and oxygen atoms in total. The molecule has 0 unspecified atom stereocenters. The minimum absolute atomic E-state index is 0. The molecule has 0 aliphatic carbocycles. The Bertz CT molecular complexity index is 187. The lowest BCUT2D eigenvalue weighted by Crippen LogP contribution is -2.47. The molecule has 1 fully saturated rings. The standard InChI is InChI=1S/C10H20N2O3.ClH/c1-2-14-7-8-15-9-10(13)12-5-3-11-4-6-12;/h11H,2-9H2,1H3;1H. The second-order valence-corrected chi connectivity index (χ2v) is 3.38. The number of amides is 1. The van der Waals surface area contributed by atoms with E-state index in [0.29, 0.717) is 19.8 Å².